The van der Waals surface area contributed by atoms with E-state index in [1.54, 1.807) is 0 Å². The minimum atomic E-state index is -3.47. The topological polar surface area (TPSA) is 91.8 Å². The van der Waals surface area contributed by atoms with Crippen molar-refractivity contribution < 1.29 is 23.1 Å². The van der Waals surface area contributed by atoms with Gasteiger partial charge in [-0.15, -0.1) is 0 Å². The highest BCUT2D eigenvalue weighted by Gasteiger charge is 2.27. The van der Waals surface area contributed by atoms with Crippen LogP contribution in [0.4, 0.5) is 0 Å². The van der Waals surface area contributed by atoms with Crippen molar-refractivity contribution in [2.45, 2.75) is 12.2 Å². The Hall–Kier alpha value is -1.11. The predicted molar refractivity (Wildman–Crippen MR) is 49.6 cm³/mol. The van der Waals surface area contributed by atoms with Crippen molar-refractivity contribution in [3.05, 3.63) is 0 Å². The van der Waals surface area contributed by atoms with Gasteiger partial charge in [-0.2, -0.15) is 0 Å². The molecular formula is C7H13NO5S. The number of nitrogens with zero attached hydrogens (tertiary/aromatic N) is 1. The first-order valence-electron chi connectivity index (χ1n) is 3.82. The van der Waals surface area contributed by atoms with E-state index in [2.05, 4.69) is 0 Å². The molecule has 0 aromatic heterocycles. The summed E-state index contributed by atoms with van der Waals surface area (Å²) < 4.78 is 21.9. The molecule has 0 spiro atoms. The first-order valence-corrected chi connectivity index (χ1v) is 5.77. The third kappa shape index (κ3) is 3.73. The molecule has 1 amide bonds. The molecule has 0 aromatic carbocycles. The van der Waals surface area contributed by atoms with Crippen LogP contribution in [0.2, 0.25) is 0 Å². The van der Waals surface area contributed by atoms with Crippen LogP contribution in [0.15, 0.2) is 0 Å². The molecule has 0 fully saturated rings. The standard InChI is InChI=1S/C7H13NO5S/c1-5(14(3,12)13)7(11)8(2)4-6(9)10/h5H,4H2,1-3H3,(H,9,10). The third-order valence-electron chi connectivity index (χ3n) is 1.74. The number of likely N-dealkylation sites (N-methyl/N-ethyl adjacent to an activating group) is 1. The van der Waals surface area contributed by atoms with Gasteiger partial charge >= 0.3 is 5.97 Å². The van der Waals surface area contributed by atoms with Crippen LogP contribution in [-0.4, -0.2) is 55.4 Å². The lowest BCUT2D eigenvalue weighted by atomic mass is 10.4. The van der Waals surface area contributed by atoms with Crippen LogP contribution in [0.25, 0.3) is 0 Å². The Morgan fingerprint density at radius 2 is 1.86 bits per heavy atom. The zero-order valence-electron chi connectivity index (χ0n) is 8.22. The van der Waals surface area contributed by atoms with E-state index in [9.17, 15) is 18.0 Å². The molecule has 0 saturated heterocycles. The number of hydrogen-bond donors (Lipinski definition) is 1. The van der Waals surface area contributed by atoms with Crippen molar-refractivity contribution in [1.82, 2.24) is 4.90 Å². The highest BCUT2D eigenvalue weighted by Crippen LogP contribution is 2.02. The summed E-state index contributed by atoms with van der Waals surface area (Å²) in [6.45, 7) is 0.731. The highest BCUT2D eigenvalue weighted by atomic mass is 32.2. The van der Waals surface area contributed by atoms with Gasteiger partial charge in [-0.1, -0.05) is 0 Å². The quantitative estimate of drug-likeness (QED) is 0.657. The van der Waals surface area contributed by atoms with Gasteiger partial charge in [-0.3, -0.25) is 9.59 Å². The van der Waals surface area contributed by atoms with Gasteiger partial charge in [0.15, 0.2) is 9.84 Å². The van der Waals surface area contributed by atoms with Gasteiger partial charge in [0.25, 0.3) is 0 Å². The summed E-state index contributed by atoms with van der Waals surface area (Å²) in [5.41, 5.74) is 0. The zero-order chi connectivity index (χ0) is 11.5. The van der Waals surface area contributed by atoms with Crippen molar-refractivity contribution >= 4 is 21.7 Å². The van der Waals surface area contributed by atoms with Crippen LogP contribution < -0.4 is 0 Å². The number of carbonyl (C=O) groups excluding carboxylic acids is 1. The van der Waals surface area contributed by atoms with E-state index in [0.717, 1.165) is 11.2 Å². The number of sulfone groups is 1. The Balaban J connectivity index is 4.56. The first-order chi connectivity index (χ1) is 6.16. The van der Waals surface area contributed by atoms with Gasteiger partial charge < -0.3 is 10.0 Å². The molecule has 1 N–H and O–H groups in total. The molecule has 0 bridgehead atoms. The number of aliphatic carboxylic acids is 1. The lowest BCUT2D eigenvalue weighted by molar-refractivity contribution is -0.143. The van der Waals surface area contributed by atoms with Crippen molar-refractivity contribution in [2.75, 3.05) is 19.8 Å². The van der Waals surface area contributed by atoms with Gasteiger partial charge in [0.05, 0.1) is 0 Å². The number of amides is 1. The molecule has 0 radical (unpaired) electrons. The normalized spacial score (nSPS) is 13.4. The second kappa shape index (κ2) is 4.41. The van der Waals surface area contributed by atoms with E-state index < -0.39 is 33.5 Å². The summed E-state index contributed by atoms with van der Waals surface area (Å²) in [6, 6.07) is 0. The molecule has 1 atom stereocenters. The van der Waals surface area contributed by atoms with Gasteiger partial charge in [0.1, 0.15) is 11.8 Å². The zero-order valence-corrected chi connectivity index (χ0v) is 9.04. The van der Waals surface area contributed by atoms with Gasteiger partial charge in [-0.25, -0.2) is 8.42 Å². The summed E-state index contributed by atoms with van der Waals surface area (Å²) in [4.78, 5) is 22.4. The summed E-state index contributed by atoms with van der Waals surface area (Å²) in [5, 5.41) is 7.17. The number of rotatable bonds is 4. The lowest BCUT2D eigenvalue weighted by Crippen LogP contribution is -2.41. The molecule has 0 aromatic rings. The second-order valence-electron chi connectivity index (χ2n) is 3.06. The summed E-state index contributed by atoms with van der Waals surface area (Å²) in [7, 11) is -2.22. The molecule has 6 nitrogen and oxygen atoms in total. The fourth-order valence-corrected chi connectivity index (χ4v) is 1.32. The maximum absolute atomic E-state index is 11.3. The van der Waals surface area contributed by atoms with Crippen LogP contribution in [0.1, 0.15) is 6.92 Å². The molecule has 0 aliphatic heterocycles. The fourth-order valence-electron chi connectivity index (χ4n) is 0.774. The molecule has 1 unspecified atom stereocenters. The van der Waals surface area contributed by atoms with Crippen molar-refractivity contribution in [2.24, 2.45) is 0 Å². The van der Waals surface area contributed by atoms with Crippen molar-refractivity contribution in [3.8, 4) is 0 Å². The molecule has 0 heterocycles. The molecule has 0 aliphatic carbocycles. The maximum Gasteiger partial charge on any atom is 0.323 e. The fraction of sp³-hybridized carbons (Fsp3) is 0.714. The third-order valence-corrected chi connectivity index (χ3v) is 3.22. The highest BCUT2D eigenvalue weighted by molar-refractivity contribution is 7.92. The van der Waals surface area contributed by atoms with Crippen LogP contribution in [0, 0.1) is 0 Å². The Kier molecular flexibility index (Phi) is 4.06. The number of hydrogen-bond acceptors (Lipinski definition) is 4. The Bertz CT molecular complexity index is 334. The van der Waals surface area contributed by atoms with E-state index in [4.69, 9.17) is 5.11 Å². The molecule has 0 saturated carbocycles. The minimum Gasteiger partial charge on any atom is -0.480 e. The Morgan fingerprint density at radius 1 is 1.43 bits per heavy atom. The first kappa shape index (κ1) is 12.9. The Labute approximate surface area is 82.4 Å². The number of carboxylic acids is 1. The molecule has 0 aliphatic rings. The largest absolute Gasteiger partial charge is 0.480 e. The van der Waals surface area contributed by atoms with Crippen LogP contribution in [0.5, 0.6) is 0 Å². The average molecular weight is 223 g/mol. The SMILES string of the molecule is CC(C(=O)N(C)CC(=O)O)S(C)(=O)=O. The molecule has 7 heteroatoms. The van der Waals surface area contributed by atoms with E-state index in [1.807, 2.05) is 0 Å². The van der Waals surface area contributed by atoms with E-state index in [-0.39, 0.29) is 0 Å². The smallest absolute Gasteiger partial charge is 0.323 e. The Morgan fingerprint density at radius 3 is 2.14 bits per heavy atom. The molecule has 14 heavy (non-hydrogen) atoms. The second-order valence-corrected chi connectivity index (χ2v) is 5.43. The van der Waals surface area contributed by atoms with Gasteiger partial charge in [0.2, 0.25) is 5.91 Å². The van der Waals surface area contributed by atoms with Crippen molar-refractivity contribution in [1.29, 1.82) is 0 Å². The van der Waals surface area contributed by atoms with Gasteiger partial charge in [-0.05, 0) is 6.92 Å². The monoisotopic (exact) mass is 223 g/mol. The molecule has 0 rings (SSSR count). The predicted octanol–water partition coefficient (Wildman–Crippen LogP) is -1.04. The number of carbonyl (C=O) groups is 2. The lowest BCUT2D eigenvalue weighted by Gasteiger charge is -2.18. The summed E-state index contributed by atoms with van der Waals surface area (Å²) >= 11 is 0. The number of carboxylic acid groups (broad SMARTS) is 1. The van der Waals surface area contributed by atoms with Crippen LogP contribution in [-0.2, 0) is 19.4 Å². The van der Waals surface area contributed by atoms with Crippen LogP contribution in [0.3, 0.4) is 0 Å². The van der Waals surface area contributed by atoms with E-state index >= 15 is 0 Å². The maximum atomic E-state index is 11.3. The minimum absolute atomic E-state index is 0.501. The van der Waals surface area contributed by atoms with Crippen molar-refractivity contribution in [3.63, 3.8) is 0 Å². The van der Waals surface area contributed by atoms with E-state index in [1.165, 1.54) is 14.0 Å². The van der Waals surface area contributed by atoms with Crippen LogP contribution >= 0.6 is 0 Å². The molecule has 82 valence electrons. The van der Waals surface area contributed by atoms with E-state index in [0.29, 0.717) is 0 Å². The average Bonchev–Trinajstić information content (AvgIpc) is 1.98. The van der Waals surface area contributed by atoms with Gasteiger partial charge in [0, 0.05) is 13.3 Å². The summed E-state index contributed by atoms with van der Waals surface area (Å²) in [6.07, 6.45) is 0.935. The molecular weight excluding hydrogens is 210 g/mol. The summed E-state index contributed by atoms with van der Waals surface area (Å²) in [5.74, 6) is -1.89.